The number of anilines is 1. The molecule has 0 saturated carbocycles. The van der Waals surface area contributed by atoms with E-state index in [9.17, 15) is 18.5 Å². The van der Waals surface area contributed by atoms with E-state index in [2.05, 4.69) is 26.8 Å². The van der Waals surface area contributed by atoms with Crippen molar-refractivity contribution in [1.29, 1.82) is 0 Å². The third kappa shape index (κ3) is 6.20. The normalized spacial score (nSPS) is 18.4. The van der Waals surface area contributed by atoms with Crippen LogP contribution in [0.5, 0.6) is 0 Å². The van der Waals surface area contributed by atoms with E-state index in [1.807, 2.05) is 11.8 Å². The van der Waals surface area contributed by atoms with E-state index in [1.165, 1.54) is 6.92 Å². The zero-order valence-electron chi connectivity index (χ0n) is 17.7. The van der Waals surface area contributed by atoms with E-state index in [1.54, 1.807) is 7.11 Å². The maximum Gasteiger partial charge on any atom is 0.391 e. The Balaban J connectivity index is 0.000000262. The second-order valence-electron chi connectivity index (χ2n) is 7.02. The van der Waals surface area contributed by atoms with Crippen LogP contribution < -0.4 is 4.90 Å². The molecule has 0 amide bonds. The average Bonchev–Trinajstić information content (AvgIpc) is 3.37. The monoisotopic (exact) mass is 478 g/mol. The zero-order chi connectivity index (χ0) is 23.1. The average molecular weight is 479 g/mol. The number of H-pyrrole nitrogens is 1. The van der Waals surface area contributed by atoms with Crippen molar-refractivity contribution in [1.82, 2.24) is 15.0 Å². The number of thiazole rings is 1. The van der Waals surface area contributed by atoms with Crippen LogP contribution >= 0.6 is 22.9 Å². The first-order valence-corrected chi connectivity index (χ1v) is 10.9. The van der Waals surface area contributed by atoms with Crippen LogP contribution in [-0.2, 0) is 22.8 Å². The third-order valence-electron chi connectivity index (χ3n) is 4.95. The number of rotatable bonds is 6. The van der Waals surface area contributed by atoms with Gasteiger partial charge in [-0.15, -0.1) is 0 Å². The first-order chi connectivity index (χ1) is 14.7. The fraction of sp³-hybridized carbons (Fsp3) is 0.579. The first-order valence-electron chi connectivity index (χ1n) is 9.67. The van der Waals surface area contributed by atoms with Gasteiger partial charge >= 0.3 is 5.97 Å². The van der Waals surface area contributed by atoms with Crippen LogP contribution in [0.2, 0.25) is 5.15 Å². The predicted molar refractivity (Wildman–Crippen MR) is 113 cm³/mol. The lowest BCUT2D eigenvalue weighted by Gasteiger charge is -2.36. The quantitative estimate of drug-likeness (QED) is 0.616. The number of ketones is 1. The van der Waals surface area contributed by atoms with Crippen molar-refractivity contribution in [2.45, 2.75) is 46.4 Å². The van der Waals surface area contributed by atoms with Crippen molar-refractivity contribution in [3.63, 3.8) is 0 Å². The number of methoxy groups -OCH3 is 1. The number of carbonyl (C=O) groups excluding carboxylic acids is 2. The molecule has 0 bridgehead atoms. The van der Waals surface area contributed by atoms with Crippen LogP contribution in [-0.4, -0.2) is 53.0 Å². The standard InChI is InChI=1S/C12H16F2N2O3S.C7H9ClN2O/c1-7-3-4-16(6-9(7)18-2)12-15-8(5-13)10(20-12)11(17)19-14;1-3-5-6(8)10-7(9-5)4(2)11/h7,9H,3-6H2,1-2H3;3H2,1-2H3,(H,9,10)/t7-,9+;/m1./s1. The van der Waals surface area contributed by atoms with Gasteiger partial charge in [-0.25, -0.2) is 24.1 Å². The van der Waals surface area contributed by atoms with Gasteiger partial charge in [0.15, 0.2) is 21.9 Å². The van der Waals surface area contributed by atoms with E-state index in [-0.39, 0.29) is 22.5 Å². The molecule has 31 heavy (non-hydrogen) atoms. The number of aromatic amines is 1. The maximum atomic E-state index is 12.8. The van der Waals surface area contributed by atoms with Gasteiger partial charge in [0.05, 0.1) is 17.5 Å². The van der Waals surface area contributed by atoms with Gasteiger partial charge in [0.1, 0.15) is 11.6 Å². The Morgan fingerprint density at radius 1 is 1.39 bits per heavy atom. The number of aryl methyl sites for hydroxylation is 1. The zero-order valence-corrected chi connectivity index (χ0v) is 19.3. The molecule has 0 aliphatic carbocycles. The number of halogens is 3. The topological polar surface area (TPSA) is 97.4 Å². The third-order valence-corrected chi connectivity index (χ3v) is 6.40. The van der Waals surface area contributed by atoms with Gasteiger partial charge < -0.3 is 14.6 Å². The summed E-state index contributed by atoms with van der Waals surface area (Å²) in [7, 11) is 1.64. The number of nitrogens with one attached hydrogen (secondary N) is 1. The lowest BCUT2D eigenvalue weighted by atomic mass is 9.96. The molecule has 1 N–H and O–H groups in total. The van der Waals surface area contributed by atoms with Gasteiger partial charge in [0.25, 0.3) is 0 Å². The Kier molecular flexibility index (Phi) is 9.32. The summed E-state index contributed by atoms with van der Waals surface area (Å²) in [6.07, 6.45) is 1.73. The maximum absolute atomic E-state index is 12.8. The molecule has 0 radical (unpaired) electrons. The summed E-state index contributed by atoms with van der Waals surface area (Å²) in [4.78, 5) is 37.7. The molecule has 1 saturated heterocycles. The van der Waals surface area contributed by atoms with E-state index >= 15 is 0 Å². The summed E-state index contributed by atoms with van der Waals surface area (Å²) < 4.78 is 30.2. The van der Waals surface area contributed by atoms with Crippen LogP contribution in [0.15, 0.2) is 0 Å². The highest BCUT2D eigenvalue weighted by Gasteiger charge is 2.29. The van der Waals surface area contributed by atoms with Crippen molar-refractivity contribution >= 4 is 39.8 Å². The molecule has 1 fully saturated rings. The molecule has 3 rings (SSSR count). The molecular weight excluding hydrogens is 454 g/mol. The van der Waals surface area contributed by atoms with Crippen LogP contribution in [0, 0.1) is 5.92 Å². The Bertz CT molecular complexity index is 908. The number of aromatic nitrogens is 3. The second kappa shape index (κ2) is 11.5. The summed E-state index contributed by atoms with van der Waals surface area (Å²) in [5.41, 5.74) is 0.733. The molecule has 2 atom stereocenters. The molecule has 8 nitrogen and oxygen atoms in total. The minimum atomic E-state index is -1.20. The summed E-state index contributed by atoms with van der Waals surface area (Å²) in [6.45, 7) is 5.93. The largest absolute Gasteiger partial charge is 0.391 e. The Labute approximate surface area is 187 Å². The number of hydrogen-bond acceptors (Lipinski definition) is 8. The smallest absolute Gasteiger partial charge is 0.379 e. The highest BCUT2D eigenvalue weighted by atomic mass is 35.5. The van der Waals surface area contributed by atoms with E-state index in [0.29, 0.717) is 28.6 Å². The fourth-order valence-electron chi connectivity index (χ4n) is 3.06. The van der Waals surface area contributed by atoms with Gasteiger partial charge in [-0.1, -0.05) is 36.8 Å². The van der Waals surface area contributed by atoms with Gasteiger partial charge in [-0.05, 0) is 18.8 Å². The van der Waals surface area contributed by atoms with Crippen molar-refractivity contribution < 1.29 is 28.2 Å². The lowest BCUT2D eigenvalue weighted by Crippen LogP contribution is -2.43. The van der Waals surface area contributed by atoms with Crippen LogP contribution in [0.1, 0.15) is 58.9 Å². The molecule has 172 valence electrons. The number of piperidine rings is 1. The highest BCUT2D eigenvalue weighted by Crippen LogP contribution is 2.31. The van der Waals surface area contributed by atoms with Gasteiger partial charge in [0.2, 0.25) is 0 Å². The summed E-state index contributed by atoms with van der Waals surface area (Å²) in [5, 5.41) is 0.893. The van der Waals surface area contributed by atoms with E-state index in [0.717, 1.165) is 36.4 Å². The van der Waals surface area contributed by atoms with E-state index in [4.69, 9.17) is 16.3 Å². The minimum Gasteiger partial charge on any atom is -0.379 e. The van der Waals surface area contributed by atoms with Gasteiger partial charge in [-0.2, -0.15) is 0 Å². The molecule has 0 unspecified atom stereocenters. The summed E-state index contributed by atoms with van der Waals surface area (Å²) in [6, 6.07) is 0. The van der Waals surface area contributed by atoms with Gasteiger partial charge in [-0.3, -0.25) is 4.79 Å². The lowest BCUT2D eigenvalue weighted by molar-refractivity contribution is -0.0784. The number of alkyl halides is 1. The number of carbonyl (C=O) groups is 2. The Morgan fingerprint density at radius 2 is 2.10 bits per heavy atom. The summed E-state index contributed by atoms with van der Waals surface area (Å²) >= 11 is 6.64. The minimum absolute atomic E-state index is 0.0538. The molecule has 2 aromatic rings. The van der Waals surface area contributed by atoms with Crippen molar-refractivity contribution in [3.8, 4) is 0 Å². The number of hydrogen-bond donors (Lipinski definition) is 1. The number of ether oxygens (including phenoxy) is 1. The fourth-order valence-corrected chi connectivity index (χ4v) is 4.29. The number of imidazole rings is 1. The van der Waals surface area contributed by atoms with Crippen LogP contribution in [0.25, 0.3) is 0 Å². The molecule has 12 heteroatoms. The van der Waals surface area contributed by atoms with Crippen molar-refractivity contribution in [3.05, 3.63) is 27.2 Å². The predicted octanol–water partition coefficient (Wildman–Crippen LogP) is 4.34. The number of nitrogens with zero attached hydrogens (tertiary/aromatic N) is 3. The molecule has 1 aliphatic rings. The van der Waals surface area contributed by atoms with Gasteiger partial charge in [0, 0.05) is 31.6 Å². The van der Waals surface area contributed by atoms with Crippen LogP contribution in [0.4, 0.5) is 14.0 Å². The second-order valence-corrected chi connectivity index (χ2v) is 8.36. The Hall–Kier alpha value is -2.11. The first kappa shape index (κ1) is 25.2. The molecule has 3 heterocycles. The number of Topliss-reactive ketones (excluding diaryl/α,β-unsaturated/α-hetero) is 1. The summed E-state index contributed by atoms with van der Waals surface area (Å²) in [5.74, 6) is -0.527. The highest BCUT2D eigenvalue weighted by molar-refractivity contribution is 7.17. The Morgan fingerprint density at radius 3 is 2.58 bits per heavy atom. The van der Waals surface area contributed by atoms with Crippen LogP contribution in [0.3, 0.4) is 0 Å². The molecule has 0 aromatic carbocycles. The molecule has 2 aromatic heterocycles. The molecular formula is C19H25ClF2N4O4S. The SMILES string of the molecule is CCc1[nH]c(C(C)=O)nc1Cl.CO[C@H]1CN(c2nc(CF)c(C(=O)OF)s2)CC[C@H]1C. The van der Waals surface area contributed by atoms with E-state index < -0.39 is 12.6 Å². The molecule has 0 spiro atoms. The van der Waals surface area contributed by atoms with Crippen molar-refractivity contribution in [2.24, 2.45) is 5.92 Å². The van der Waals surface area contributed by atoms with Crippen molar-refractivity contribution in [2.75, 3.05) is 25.1 Å². The molecule has 1 aliphatic heterocycles.